The highest BCUT2D eigenvalue weighted by molar-refractivity contribution is 5.81. The summed E-state index contributed by atoms with van der Waals surface area (Å²) in [5, 5.41) is 0. The average molecular weight is 239 g/mol. The van der Waals surface area contributed by atoms with E-state index >= 15 is 0 Å². The second-order valence-electron chi connectivity index (χ2n) is 4.51. The van der Waals surface area contributed by atoms with Gasteiger partial charge in [0.2, 0.25) is 5.91 Å². The summed E-state index contributed by atoms with van der Waals surface area (Å²) in [6, 6.07) is 0. The zero-order valence-electron chi connectivity index (χ0n) is 10.5. The van der Waals surface area contributed by atoms with E-state index in [9.17, 15) is 4.79 Å². The van der Waals surface area contributed by atoms with Crippen LogP contribution in [0.1, 0.15) is 19.8 Å². The third kappa shape index (κ3) is 3.43. The van der Waals surface area contributed by atoms with Crippen molar-refractivity contribution >= 4 is 11.7 Å². The summed E-state index contributed by atoms with van der Waals surface area (Å²) in [5.74, 6) is 1.32. The minimum Gasteiger partial charge on any atom is -0.378 e. The Morgan fingerprint density at radius 3 is 2.82 bits per heavy atom. The quantitative estimate of drug-likeness (QED) is 0.714. The minimum atomic E-state index is 0.242. The van der Waals surface area contributed by atoms with Crippen LogP contribution in [0.25, 0.3) is 0 Å². The molecule has 2 aliphatic heterocycles. The van der Waals surface area contributed by atoms with Crippen LogP contribution in [-0.2, 0) is 9.53 Å². The number of aliphatic imine (C=N–C) groups is 1. The van der Waals surface area contributed by atoms with Crippen LogP contribution in [0, 0.1) is 0 Å². The molecule has 0 N–H and O–H groups in total. The van der Waals surface area contributed by atoms with Crippen molar-refractivity contribution in [3.8, 4) is 0 Å². The summed E-state index contributed by atoms with van der Waals surface area (Å²) >= 11 is 0. The molecule has 1 saturated heterocycles. The van der Waals surface area contributed by atoms with E-state index in [4.69, 9.17) is 4.74 Å². The van der Waals surface area contributed by atoms with Gasteiger partial charge in [-0.15, -0.1) is 0 Å². The molecule has 2 aliphatic rings. The van der Waals surface area contributed by atoms with Gasteiger partial charge < -0.3 is 14.5 Å². The molecule has 1 fully saturated rings. The second-order valence-corrected chi connectivity index (χ2v) is 4.51. The molecule has 0 aliphatic carbocycles. The van der Waals surface area contributed by atoms with Gasteiger partial charge in [-0.2, -0.15) is 0 Å². The molecule has 5 nitrogen and oxygen atoms in total. The first-order chi connectivity index (χ1) is 8.27. The Morgan fingerprint density at radius 1 is 1.35 bits per heavy atom. The zero-order valence-corrected chi connectivity index (χ0v) is 10.5. The molecule has 2 heterocycles. The molecule has 0 saturated carbocycles. The fraction of sp³-hybridized carbons (Fsp3) is 0.833. The van der Waals surface area contributed by atoms with Gasteiger partial charge in [0, 0.05) is 39.1 Å². The highest BCUT2D eigenvalue weighted by Gasteiger charge is 2.18. The number of hydrogen-bond donors (Lipinski definition) is 0. The maximum absolute atomic E-state index is 12.0. The van der Waals surface area contributed by atoms with Crippen LogP contribution in [0.2, 0.25) is 0 Å². The third-order valence-corrected chi connectivity index (χ3v) is 3.34. The average Bonchev–Trinajstić information content (AvgIpc) is 2.38. The first kappa shape index (κ1) is 12.4. The smallest absolute Gasteiger partial charge is 0.224 e. The topological polar surface area (TPSA) is 45.1 Å². The van der Waals surface area contributed by atoms with Crippen LogP contribution in [0.5, 0.6) is 0 Å². The molecular weight excluding hydrogens is 218 g/mol. The first-order valence-electron chi connectivity index (χ1n) is 6.39. The van der Waals surface area contributed by atoms with Gasteiger partial charge in [-0.25, -0.2) is 0 Å². The molecule has 0 atom stereocenters. The van der Waals surface area contributed by atoms with E-state index in [-0.39, 0.29) is 5.91 Å². The Kier molecular flexibility index (Phi) is 4.36. The zero-order chi connectivity index (χ0) is 12.1. The van der Waals surface area contributed by atoms with E-state index in [1.54, 1.807) is 0 Å². The van der Waals surface area contributed by atoms with Crippen molar-refractivity contribution in [2.75, 3.05) is 45.9 Å². The van der Waals surface area contributed by atoms with Crippen molar-refractivity contribution in [2.45, 2.75) is 19.8 Å². The summed E-state index contributed by atoms with van der Waals surface area (Å²) in [6.45, 7) is 7.62. The van der Waals surface area contributed by atoms with Gasteiger partial charge in [0.15, 0.2) is 0 Å². The third-order valence-electron chi connectivity index (χ3n) is 3.34. The number of amides is 1. The molecule has 0 unspecified atom stereocenters. The van der Waals surface area contributed by atoms with Crippen LogP contribution in [-0.4, -0.2) is 67.5 Å². The molecule has 5 heteroatoms. The molecule has 2 rings (SSSR count). The van der Waals surface area contributed by atoms with Crippen molar-refractivity contribution in [1.29, 1.82) is 0 Å². The largest absolute Gasteiger partial charge is 0.378 e. The van der Waals surface area contributed by atoms with Gasteiger partial charge >= 0.3 is 0 Å². The predicted octanol–water partition coefficient (Wildman–Crippen LogP) is 0.359. The van der Waals surface area contributed by atoms with Crippen molar-refractivity contribution in [2.24, 2.45) is 4.99 Å². The maximum Gasteiger partial charge on any atom is 0.224 e. The maximum atomic E-state index is 12.0. The van der Waals surface area contributed by atoms with Gasteiger partial charge in [0.25, 0.3) is 0 Å². The Bertz CT molecular complexity index is 298. The van der Waals surface area contributed by atoms with E-state index in [1.165, 1.54) is 0 Å². The lowest BCUT2D eigenvalue weighted by molar-refractivity contribution is -0.135. The van der Waals surface area contributed by atoms with Gasteiger partial charge in [-0.05, 0) is 13.3 Å². The molecule has 0 spiro atoms. The van der Waals surface area contributed by atoms with E-state index < -0.39 is 0 Å². The van der Waals surface area contributed by atoms with Crippen LogP contribution in [0.4, 0.5) is 0 Å². The highest BCUT2D eigenvalue weighted by atomic mass is 16.5. The van der Waals surface area contributed by atoms with Crippen LogP contribution in [0.3, 0.4) is 0 Å². The number of nitrogens with zero attached hydrogens (tertiary/aromatic N) is 3. The van der Waals surface area contributed by atoms with Crippen LogP contribution >= 0.6 is 0 Å². The number of hydrogen-bond acceptors (Lipinski definition) is 4. The Morgan fingerprint density at radius 2 is 2.12 bits per heavy atom. The van der Waals surface area contributed by atoms with Gasteiger partial charge in [0.1, 0.15) is 0 Å². The summed E-state index contributed by atoms with van der Waals surface area (Å²) in [5.41, 5.74) is 0. The predicted molar refractivity (Wildman–Crippen MR) is 66.2 cm³/mol. The Labute approximate surface area is 102 Å². The molecule has 0 radical (unpaired) electrons. The SMILES string of the molecule is CC1=NCCCN1CCC(=O)N1CCOCC1. The van der Waals surface area contributed by atoms with E-state index in [0.717, 1.165) is 45.0 Å². The molecule has 0 aromatic carbocycles. The fourth-order valence-corrected chi connectivity index (χ4v) is 2.24. The van der Waals surface area contributed by atoms with Crippen LogP contribution < -0.4 is 0 Å². The monoisotopic (exact) mass is 239 g/mol. The van der Waals surface area contributed by atoms with E-state index in [0.29, 0.717) is 19.6 Å². The van der Waals surface area contributed by atoms with Crippen molar-refractivity contribution < 1.29 is 9.53 Å². The highest BCUT2D eigenvalue weighted by Crippen LogP contribution is 2.06. The van der Waals surface area contributed by atoms with Crippen molar-refractivity contribution in [1.82, 2.24) is 9.80 Å². The molecule has 17 heavy (non-hydrogen) atoms. The van der Waals surface area contributed by atoms with E-state index in [2.05, 4.69) is 9.89 Å². The fourth-order valence-electron chi connectivity index (χ4n) is 2.24. The summed E-state index contributed by atoms with van der Waals surface area (Å²) in [7, 11) is 0. The van der Waals surface area contributed by atoms with Gasteiger partial charge in [0.05, 0.1) is 19.0 Å². The Balaban J connectivity index is 1.75. The standard InChI is InChI=1S/C12H21N3O2/c1-11-13-4-2-5-14(11)6-3-12(16)15-7-9-17-10-8-15/h2-10H2,1H3. The summed E-state index contributed by atoms with van der Waals surface area (Å²) in [4.78, 5) is 20.5. The van der Waals surface area contributed by atoms with Crippen molar-refractivity contribution in [3.63, 3.8) is 0 Å². The normalized spacial score (nSPS) is 21.4. The van der Waals surface area contributed by atoms with Gasteiger partial charge in [-0.3, -0.25) is 9.79 Å². The number of rotatable bonds is 3. The number of ether oxygens (including phenoxy) is 1. The number of amidine groups is 1. The lowest BCUT2D eigenvalue weighted by Gasteiger charge is -2.30. The summed E-state index contributed by atoms with van der Waals surface area (Å²) < 4.78 is 5.24. The molecular formula is C12H21N3O2. The number of carbonyl (C=O) groups excluding carboxylic acids is 1. The second kappa shape index (κ2) is 6.00. The lowest BCUT2D eigenvalue weighted by atomic mass is 10.2. The van der Waals surface area contributed by atoms with Crippen LogP contribution in [0.15, 0.2) is 4.99 Å². The lowest BCUT2D eigenvalue weighted by Crippen LogP contribution is -2.43. The molecule has 96 valence electrons. The molecule has 1 amide bonds. The summed E-state index contributed by atoms with van der Waals surface area (Å²) in [6.07, 6.45) is 1.69. The number of carbonyl (C=O) groups is 1. The number of morpholine rings is 1. The Hall–Kier alpha value is -1.10. The van der Waals surface area contributed by atoms with Crippen molar-refractivity contribution in [3.05, 3.63) is 0 Å². The molecule has 0 bridgehead atoms. The van der Waals surface area contributed by atoms with E-state index in [1.807, 2.05) is 11.8 Å². The van der Waals surface area contributed by atoms with Gasteiger partial charge in [-0.1, -0.05) is 0 Å². The minimum absolute atomic E-state index is 0.242. The molecule has 0 aromatic rings. The first-order valence-corrected chi connectivity index (χ1v) is 6.39. The molecule has 0 aromatic heterocycles.